The first-order valence-electron chi connectivity index (χ1n) is 8.11. The first-order chi connectivity index (χ1) is 12.5. The van der Waals surface area contributed by atoms with Gasteiger partial charge in [0, 0.05) is 17.1 Å². The van der Waals surface area contributed by atoms with Crippen LogP contribution in [-0.2, 0) is 0 Å². The second kappa shape index (κ2) is 9.43. The molecule has 144 valence electrons. The summed E-state index contributed by atoms with van der Waals surface area (Å²) in [4.78, 5) is 9.94. The normalized spacial score (nSPS) is 16.2. The van der Waals surface area contributed by atoms with Crippen LogP contribution in [0.25, 0.3) is 0 Å². The van der Waals surface area contributed by atoms with Gasteiger partial charge in [-0.3, -0.25) is 0 Å². The van der Waals surface area contributed by atoms with Gasteiger partial charge >= 0.3 is 0 Å². The number of halogens is 3. The largest absolute Gasteiger partial charge is 0.494 e. The van der Waals surface area contributed by atoms with Crippen molar-refractivity contribution < 1.29 is 9.13 Å². The molecule has 0 spiro atoms. The molecule has 6 nitrogen and oxygen atoms in total. The molecule has 2 aromatic rings. The number of rotatable bonds is 6. The maximum absolute atomic E-state index is 14.2. The molecule has 0 aliphatic carbocycles. The van der Waals surface area contributed by atoms with Crippen molar-refractivity contribution in [1.82, 2.24) is 4.90 Å². The Hall–Kier alpha value is -2.51. The van der Waals surface area contributed by atoms with Crippen LogP contribution < -0.4 is 16.2 Å². The van der Waals surface area contributed by atoms with E-state index in [1.807, 2.05) is 0 Å². The number of guanidine groups is 2. The predicted octanol–water partition coefficient (Wildman–Crippen LogP) is 3.31. The molecule has 0 aromatic heterocycles. The van der Waals surface area contributed by atoms with Crippen molar-refractivity contribution in [3.63, 3.8) is 0 Å². The summed E-state index contributed by atoms with van der Waals surface area (Å²) in [5.41, 5.74) is 12.1. The van der Waals surface area contributed by atoms with Crippen molar-refractivity contribution in [3.8, 4) is 5.75 Å². The van der Waals surface area contributed by atoms with Crippen LogP contribution in [0, 0.1) is 5.82 Å². The van der Waals surface area contributed by atoms with E-state index in [0.29, 0.717) is 30.2 Å². The lowest BCUT2D eigenvalue weighted by Crippen LogP contribution is -2.45. The summed E-state index contributed by atoms with van der Waals surface area (Å²) >= 11 is 5.85. The zero-order valence-corrected chi connectivity index (χ0v) is 16.0. The van der Waals surface area contributed by atoms with Crippen molar-refractivity contribution in [1.29, 1.82) is 0 Å². The highest BCUT2D eigenvalue weighted by Crippen LogP contribution is 2.27. The molecule has 0 radical (unpaired) electrons. The van der Waals surface area contributed by atoms with E-state index in [9.17, 15) is 4.39 Å². The van der Waals surface area contributed by atoms with Gasteiger partial charge in [0.05, 0.1) is 6.61 Å². The van der Waals surface area contributed by atoms with E-state index in [-0.39, 0.29) is 30.1 Å². The van der Waals surface area contributed by atoms with Gasteiger partial charge in [0.2, 0.25) is 11.9 Å². The van der Waals surface area contributed by atoms with Crippen LogP contribution in [0.2, 0.25) is 5.02 Å². The topological polar surface area (TPSA) is 89.2 Å². The minimum Gasteiger partial charge on any atom is -0.494 e. The third kappa shape index (κ3) is 5.24. The number of ether oxygens (including phenoxy) is 1. The highest BCUT2D eigenvalue weighted by Gasteiger charge is 2.27. The summed E-state index contributed by atoms with van der Waals surface area (Å²) in [6.07, 6.45) is -0.0107. The zero-order chi connectivity index (χ0) is 18.5. The minimum absolute atomic E-state index is 0. The van der Waals surface area contributed by atoms with Gasteiger partial charge in [-0.1, -0.05) is 29.8 Å². The molecule has 1 unspecified atom stereocenters. The lowest BCUT2D eigenvalue weighted by atomic mass is 10.1. The number of benzene rings is 2. The van der Waals surface area contributed by atoms with E-state index in [1.165, 1.54) is 6.07 Å². The molecule has 9 heteroatoms. The summed E-state index contributed by atoms with van der Waals surface area (Å²) in [6, 6.07) is 13.5. The lowest BCUT2D eigenvalue weighted by Gasteiger charge is -2.32. The highest BCUT2D eigenvalue weighted by molar-refractivity contribution is 6.30. The van der Waals surface area contributed by atoms with Crippen LogP contribution >= 0.6 is 24.0 Å². The van der Waals surface area contributed by atoms with E-state index in [0.717, 1.165) is 5.75 Å². The average molecular weight is 412 g/mol. The third-order valence-electron chi connectivity index (χ3n) is 3.88. The Labute approximate surface area is 168 Å². The molecule has 3 rings (SSSR count). The summed E-state index contributed by atoms with van der Waals surface area (Å²) < 4.78 is 19.9. The minimum atomic E-state index is -0.649. The van der Waals surface area contributed by atoms with E-state index in [2.05, 4.69) is 9.98 Å². The lowest BCUT2D eigenvalue weighted by molar-refractivity contribution is 0.255. The van der Waals surface area contributed by atoms with Crippen molar-refractivity contribution in [3.05, 3.63) is 64.9 Å². The maximum atomic E-state index is 14.2. The average Bonchev–Trinajstić information content (AvgIpc) is 2.62. The van der Waals surface area contributed by atoms with E-state index >= 15 is 0 Å². The first-order valence-corrected chi connectivity index (χ1v) is 8.49. The van der Waals surface area contributed by atoms with Gasteiger partial charge in [0.15, 0.2) is 6.17 Å². The van der Waals surface area contributed by atoms with E-state index in [1.54, 1.807) is 47.4 Å². The number of hydrogen-bond acceptors (Lipinski definition) is 6. The molecule has 1 heterocycles. The number of nitrogens with two attached hydrogens (primary N) is 2. The molecule has 0 fully saturated rings. The third-order valence-corrected chi connectivity index (χ3v) is 4.13. The Bertz CT molecular complexity index is 829. The second-order valence-electron chi connectivity index (χ2n) is 5.70. The summed E-state index contributed by atoms with van der Waals surface area (Å²) in [5, 5.41) is 0.651. The van der Waals surface area contributed by atoms with E-state index in [4.69, 9.17) is 27.8 Å². The Morgan fingerprint density at radius 2 is 1.81 bits per heavy atom. The van der Waals surface area contributed by atoms with Crippen molar-refractivity contribution >= 4 is 35.9 Å². The monoisotopic (exact) mass is 411 g/mol. The fourth-order valence-electron chi connectivity index (χ4n) is 2.65. The van der Waals surface area contributed by atoms with Gasteiger partial charge in [-0.05, 0) is 36.8 Å². The first kappa shape index (κ1) is 20.8. The molecule has 27 heavy (non-hydrogen) atoms. The number of aliphatic imine (C=N–C) groups is 2. The second-order valence-corrected chi connectivity index (χ2v) is 6.14. The van der Waals surface area contributed by atoms with Gasteiger partial charge in [0.1, 0.15) is 11.6 Å². The Morgan fingerprint density at radius 3 is 2.52 bits per heavy atom. The van der Waals surface area contributed by atoms with E-state index < -0.39 is 6.17 Å². The molecular formula is C18H20Cl2FN5O. The van der Waals surface area contributed by atoms with Crippen LogP contribution in [0.5, 0.6) is 5.75 Å². The molecule has 0 bridgehead atoms. The van der Waals surface area contributed by atoms with Gasteiger partial charge in [-0.25, -0.2) is 9.38 Å². The van der Waals surface area contributed by atoms with Crippen molar-refractivity contribution in [2.75, 3.05) is 13.2 Å². The van der Waals surface area contributed by atoms with Crippen LogP contribution in [-0.4, -0.2) is 30.0 Å². The highest BCUT2D eigenvalue weighted by atomic mass is 35.5. The fraction of sp³-hybridized carbons (Fsp3) is 0.222. The van der Waals surface area contributed by atoms with Crippen molar-refractivity contribution in [2.45, 2.75) is 12.6 Å². The molecule has 1 atom stereocenters. The van der Waals surface area contributed by atoms with Crippen LogP contribution in [0.15, 0.2) is 58.5 Å². The van der Waals surface area contributed by atoms with Gasteiger partial charge < -0.3 is 21.1 Å². The molecule has 2 aromatic carbocycles. The zero-order valence-electron chi connectivity index (χ0n) is 14.4. The molecular weight excluding hydrogens is 392 g/mol. The molecule has 1 aliphatic rings. The van der Waals surface area contributed by atoms with Gasteiger partial charge in [0.25, 0.3) is 0 Å². The van der Waals surface area contributed by atoms with Gasteiger partial charge in [-0.15, -0.1) is 12.4 Å². The smallest absolute Gasteiger partial charge is 0.220 e. The van der Waals surface area contributed by atoms with Crippen LogP contribution in [0.3, 0.4) is 0 Å². The quantitative estimate of drug-likeness (QED) is 0.713. The van der Waals surface area contributed by atoms with Crippen LogP contribution in [0.4, 0.5) is 4.39 Å². The van der Waals surface area contributed by atoms with Crippen molar-refractivity contribution in [2.24, 2.45) is 21.5 Å². The van der Waals surface area contributed by atoms with Gasteiger partial charge in [-0.2, -0.15) is 4.99 Å². The molecule has 4 N–H and O–H groups in total. The number of hydrogen-bond donors (Lipinski definition) is 2. The Morgan fingerprint density at radius 1 is 1.11 bits per heavy atom. The van der Waals surface area contributed by atoms with Crippen LogP contribution in [0.1, 0.15) is 18.2 Å². The molecule has 0 amide bonds. The Balaban J connectivity index is 0.00000261. The Kier molecular flexibility index (Phi) is 7.27. The molecule has 0 saturated heterocycles. The SMILES string of the molecule is Cl.NC1=NC(c2ccccc2F)N(CCCOc2ccc(Cl)cc2)C(N)=N1. The molecule has 1 aliphatic heterocycles. The summed E-state index contributed by atoms with van der Waals surface area (Å²) in [5.74, 6) is 0.593. The summed E-state index contributed by atoms with van der Waals surface area (Å²) in [7, 11) is 0. The number of nitrogens with zero attached hydrogens (tertiary/aromatic N) is 3. The molecule has 0 saturated carbocycles. The maximum Gasteiger partial charge on any atom is 0.220 e. The summed E-state index contributed by atoms with van der Waals surface area (Å²) in [6.45, 7) is 0.938. The standard InChI is InChI=1S/C18H19ClFN5O.ClH/c19-12-6-8-13(9-7-12)26-11-3-10-25-16(23-17(21)24-18(25)22)14-4-1-2-5-15(14)20;/h1-2,4-9,16H,3,10-11H2,(H4,21,22,23,24);1H. The predicted molar refractivity (Wildman–Crippen MR) is 108 cm³/mol. The fourth-order valence-corrected chi connectivity index (χ4v) is 2.77.